The molecule has 5 rings (SSSR count). The Labute approximate surface area is 190 Å². The Bertz CT molecular complexity index is 1170. The number of anilines is 1. The van der Waals surface area contributed by atoms with Gasteiger partial charge in [-0.1, -0.05) is 18.9 Å². The number of nitriles is 1. The number of hydrogen-bond donors (Lipinski definition) is 3. The standard InChI is InChI=1S/C22H25N7O4/c1-12-17(30)18(31)21(33-12)29-19-16(28-22(29)27-14-4-2-3-5-14)20(26-11-25-19)32-10-13-6-7-15(8-23)24-9-13/h6-7,9,11-12,14,17-18,21,30-31H,2-5,10H2,1H3,(H,27,28)/t12-,17-,18-,21-/m1/s1. The number of aliphatic hydroxyl groups is 2. The summed E-state index contributed by atoms with van der Waals surface area (Å²) in [6.45, 7) is 1.90. The Morgan fingerprint density at radius 1 is 1.21 bits per heavy atom. The lowest BCUT2D eigenvalue weighted by molar-refractivity contribution is -0.0287. The summed E-state index contributed by atoms with van der Waals surface area (Å²) < 4.78 is 13.5. The van der Waals surface area contributed by atoms with Crippen molar-refractivity contribution in [1.29, 1.82) is 5.26 Å². The molecule has 3 aromatic heterocycles. The summed E-state index contributed by atoms with van der Waals surface area (Å²) >= 11 is 0. The maximum atomic E-state index is 10.7. The molecule has 33 heavy (non-hydrogen) atoms. The molecule has 172 valence electrons. The second-order valence-corrected chi connectivity index (χ2v) is 8.45. The molecule has 0 bridgehead atoms. The van der Waals surface area contributed by atoms with Crippen molar-refractivity contribution in [2.45, 2.75) is 69.8 Å². The van der Waals surface area contributed by atoms with Crippen LogP contribution in [0.5, 0.6) is 5.88 Å². The first-order valence-corrected chi connectivity index (χ1v) is 11.0. The van der Waals surface area contributed by atoms with E-state index >= 15 is 0 Å². The molecule has 4 heterocycles. The Hall–Kier alpha value is -3.33. The average Bonchev–Trinajstić information content (AvgIpc) is 3.53. The van der Waals surface area contributed by atoms with Crippen LogP contribution in [0.4, 0.5) is 5.95 Å². The number of hydrogen-bond acceptors (Lipinski definition) is 10. The van der Waals surface area contributed by atoms with E-state index in [0.717, 1.165) is 31.2 Å². The van der Waals surface area contributed by atoms with Gasteiger partial charge in [-0.15, -0.1) is 0 Å². The topological polar surface area (TPSA) is 151 Å². The van der Waals surface area contributed by atoms with Crippen molar-refractivity contribution in [2.75, 3.05) is 5.32 Å². The first-order valence-electron chi connectivity index (χ1n) is 11.0. The highest BCUT2D eigenvalue weighted by atomic mass is 16.6. The van der Waals surface area contributed by atoms with Crippen LogP contribution < -0.4 is 10.1 Å². The van der Waals surface area contributed by atoms with Gasteiger partial charge >= 0.3 is 0 Å². The van der Waals surface area contributed by atoms with Crippen molar-refractivity contribution < 1.29 is 19.7 Å². The minimum Gasteiger partial charge on any atom is -0.471 e. The first kappa shape index (κ1) is 21.5. The SMILES string of the molecule is C[C@H]1O[C@@H](n2c(NC3CCCC3)nc3c(OCc4ccc(C#N)nc4)ncnc32)[C@H](O)[C@@H]1O. The van der Waals surface area contributed by atoms with Gasteiger partial charge in [-0.3, -0.25) is 4.57 Å². The predicted molar refractivity (Wildman–Crippen MR) is 116 cm³/mol. The summed E-state index contributed by atoms with van der Waals surface area (Å²) in [7, 11) is 0. The zero-order valence-corrected chi connectivity index (χ0v) is 18.1. The van der Waals surface area contributed by atoms with Gasteiger partial charge in [0.2, 0.25) is 11.8 Å². The van der Waals surface area contributed by atoms with E-state index in [2.05, 4.69) is 20.3 Å². The lowest BCUT2D eigenvalue weighted by atomic mass is 10.1. The van der Waals surface area contributed by atoms with Crippen LogP contribution >= 0.6 is 0 Å². The molecule has 3 aromatic rings. The van der Waals surface area contributed by atoms with Gasteiger partial charge in [0.1, 0.15) is 36.9 Å². The Kier molecular flexibility index (Phi) is 5.80. The molecule has 1 aliphatic carbocycles. The fraction of sp³-hybridized carbons (Fsp3) is 0.500. The minimum atomic E-state index is -1.13. The van der Waals surface area contributed by atoms with E-state index < -0.39 is 24.5 Å². The number of nitrogens with one attached hydrogen (secondary N) is 1. The van der Waals surface area contributed by atoms with Crippen molar-refractivity contribution in [3.63, 3.8) is 0 Å². The van der Waals surface area contributed by atoms with E-state index in [1.54, 1.807) is 29.8 Å². The normalized spacial score (nSPS) is 25.4. The van der Waals surface area contributed by atoms with Crippen LogP contribution in [0.2, 0.25) is 0 Å². The third-order valence-corrected chi connectivity index (χ3v) is 6.18. The van der Waals surface area contributed by atoms with Gasteiger partial charge < -0.3 is 25.0 Å². The second kappa shape index (κ2) is 8.90. The number of fused-ring (bicyclic) bond motifs is 1. The quantitative estimate of drug-likeness (QED) is 0.505. The van der Waals surface area contributed by atoms with Crippen LogP contribution in [0.15, 0.2) is 24.7 Å². The van der Waals surface area contributed by atoms with Gasteiger partial charge in [0.15, 0.2) is 17.4 Å². The second-order valence-electron chi connectivity index (χ2n) is 8.45. The molecule has 0 unspecified atom stereocenters. The minimum absolute atomic E-state index is 0.182. The number of aromatic nitrogens is 5. The number of imidazole rings is 1. The Morgan fingerprint density at radius 3 is 2.70 bits per heavy atom. The van der Waals surface area contributed by atoms with Crippen LogP contribution in [0.3, 0.4) is 0 Å². The average molecular weight is 451 g/mol. The molecule has 2 aliphatic rings. The molecule has 11 heteroatoms. The van der Waals surface area contributed by atoms with Crippen LogP contribution in [0.1, 0.15) is 50.1 Å². The van der Waals surface area contributed by atoms with Gasteiger partial charge in [0.25, 0.3) is 0 Å². The Morgan fingerprint density at radius 2 is 2.03 bits per heavy atom. The van der Waals surface area contributed by atoms with E-state index in [9.17, 15) is 10.2 Å². The molecule has 0 aromatic carbocycles. The summed E-state index contributed by atoms with van der Waals surface area (Å²) in [5.41, 5.74) is 1.96. The molecule has 0 spiro atoms. The fourth-order valence-electron chi connectivity index (χ4n) is 4.36. The molecule has 4 atom stereocenters. The Balaban J connectivity index is 1.49. The fourth-order valence-corrected chi connectivity index (χ4v) is 4.36. The molecule has 1 saturated heterocycles. The third kappa shape index (κ3) is 4.08. The third-order valence-electron chi connectivity index (χ3n) is 6.18. The highest BCUT2D eigenvalue weighted by Gasteiger charge is 2.43. The molecular formula is C22H25N7O4. The van der Waals surface area contributed by atoms with Gasteiger partial charge in [-0.25, -0.2) is 15.0 Å². The largest absolute Gasteiger partial charge is 0.471 e. The van der Waals surface area contributed by atoms with Crippen LogP contribution in [-0.2, 0) is 11.3 Å². The lowest BCUT2D eigenvalue weighted by Crippen LogP contribution is -2.31. The first-order chi connectivity index (χ1) is 16.0. The van der Waals surface area contributed by atoms with Crippen molar-refractivity contribution >= 4 is 17.1 Å². The van der Waals surface area contributed by atoms with E-state index in [-0.39, 0.29) is 18.5 Å². The molecule has 11 nitrogen and oxygen atoms in total. The number of aliphatic hydroxyl groups excluding tert-OH is 2. The highest BCUT2D eigenvalue weighted by Crippen LogP contribution is 2.36. The van der Waals surface area contributed by atoms with E-state index in [1.807, 2.05) is 6.07 Å². The monoisotopic (exact) mass is 451 g/mol. The maximum Gasteiger partial charge on any atom is 0.245 e. The summed E-state index contributed by atoms with van der Waals surface area (Å²) in [5, 5.41) is 33.3. The van der Waals surface area contributed by atoms with E-state index in [1.165, 1.54) is 6.33 Å². The summed E-state index contributed by atoms with van der Waals surface area (Å²) in [6, 6.07) is 5.63. The highest BCUT2D eigenvalue weighted by molar-refractivity contribution is 5.79. The lowest BCUT2D eigenvalue weighted by Gasteiger charge is -2.21. The predicted octanol–water partition coefficient (Wildman–Crippen LogP) is 1.67. The number of pyridine rings is 1. The molecule has 0 radical (unpaired) electrons. The van der Waals surface area contributed by atoms with Gasteiger partial charge in [0.05, 0.1) is 6.10 Å². The number of rotatable bonds is 6. The number of nitrogens with zero attached hydrogens (tertiary/aromatic N) is 6. The van der Waals surface area contributed by atoms with Gasteiger partial charge in [-0.05, 0) is 25.8 Å². The molecule has 1 aliphatic heterocycles. The number of ether oxygens (including phenoxy) is 2. The van der Waals surface area contributed by atoms with Crippen molar-refractivity contribution in [2.24, 2.45) is 0 Å². The summed E-state index contributed by atoms with van der Waals surface area (Å²) in [4.78, 5) is 17.4. The molecule has 3 N–H and O–H groups in total. The molecule has 1 saturated carbocycles. The van der Waals surface area contributed by atoms with E-state index in [4.69, 9.17) is 19.7 Å². The molecular weight excluding hydrogens is 426 g/mol. The molecule has 0 amide bonds. The van der Waals surface area contributed by atoms with Crippen molar-refractivity contribution in [3.8, 4) is 11.9 Å². The van der Waals surface area contributed by atoms with E-state index in [0.29, 0.717) is 22.8 Å². The van der Waals surface area contributed by atoms with Crippen molar-refractivity contribution in [3.05, 3.63) is 35.9 Å². The van der Waals surface area contributed by atoms with Crippen molar-refractivity contribution in [1.82, 2.24) is 24.5 Å². The van der Waals surface area contributed by atoms with Gasteiger partial charge in [0, 0.05) is 17.8 Å². The summed E-state index contributed by atoms with van der Waals surface area (Å²) in [6.07, 6.45) is 3.73. The zero-order chi connectivity index (χ0) is 22.9. The van der Waals surface area contributed by atoms with Gasteiger partial charge in [-0.2, -0.15) is 10.2 Å². The van der Waals surface area contributed by atoms with Crippen LogP contribution in [0, 0.1) is 11.3 Å². The smallest absolute Gasteiger partial charge is 0.245 e. The van der Waals surface area contributed by atoms with Crippen LogP contribution in [0.25, 0.3) is 11.2 Å². The zero-order valence-electron chi connectivity index (χ0n) is 18.1. The van der Waals surface area contributed by atoms with Crippen LogP contribution in [-0.4, -0.2) is 59.1 Å². The summed E-state index contributed by atoms with van der Waals surface area (Å²) in [5.74, 6) is 0.770. The maximum absolute atomic E-state index is 10.7. The molecule has 2 fully saturated rings.